The lowest BCUT2D eigenvalue weighted by Gasteiger charge is -2.27. The summed E-state index contributed by atoms with van der Waals surface area (Å²) in [5, 5.41) is 10.6. The van der Waals surface area contributed by atoms with E-state index in [4.69, 9.17) is 8.83 Å². The van der Waals surface area contributed by atoms with Crippen molar-refractivity contribution >= 4 is 11.8 Å². The molecule has 0 radical (unpaired) electrons. The van der Waals surface area contributed by atoms with Gasteiger partial charge in [0.25, 0.3) is 5.91 Å². The van der Waals surface area contributed by atoms with Gasteiger partial charge in [-0.25, -0.2) is 0 Å². The van der Waals surface area contributed by atoms with Crippen LogP contribution in [-0.2, 0) is 0 Å². The molecule has 1 saturated carbocycles. The van der Waals surface area contributed by atoms with Gasteiger partial charge >= 0.3 is 5.88 Å². The second-order valence-electron chi connectivity index (χ2n) is 5.03. The highest BCUT2D eigenvalue weighted by atomic mass is 16.6. The second kappa shape index (κ2) is 5.08. The summed E-state index contributed by atoms with van der Waals surface area (Å²) in [6.45, 7) is 1.87. The number of carbonyl (C=O) groups is 1. The topological polar surface area (TPSA) is 89.7 Å². The van der Waals surface area contributed by atoms with Crippen LogP contribution in [0.5, 0.6) is 0 Å². The van der Waals surface area contributed by atoms with E-state index in [1.54, 1.807) is 23.3 Å². The Morgan fingerprint density at radius 3 is 2.71 bits per heavy atom. The molecule has 7 nitrogen and oxygen atoms in total. The molecule has 21 heavy (non-hydrogen) atoms. The molecule has 7 heteroatoms. The summed E-state index contributed by atoms with van der Waals surface area (Å²) >= 11 is 0. The van der Waals surface area contributed by atoms with Crippen LogP contribution in [-0.4, -0.2) is 21.8 Å². The number of nitrogens with zero attached hydrogens (tertiary/aromatic N) is 2. The van der Waals surface area contributed by atoms with Crippen LogP contribution in [0.2, 0.25) is 0 Å². The molecule has 0 spiro atoms. The molecular formula is C14H14N2O5. The quantitative estimate of drug-likeness (QED) is 0.623. The Bertz CT molecular complexity index is 657. The second-order valence-corrected chi connectivity index (χ2v) is 5.03. The van der Waals surface area contributed by atoms with Crippen LogP contribution in [0.15, 0.2) is 39.4 Å². The van der Waals surface area contributed by atoms with Crippen molar-refractivity contribution in [1.29, 1.82) is 0 Å². The predicted octanol–water partition coefficient (Wildman–Crippen LogP) is 3.15. The summed E-state index contributed by atoms with van der Waals surface area (Å²) in [5.74, 6) is -0.127. The van der Waals surface area contributed by atoms with E-state index in [9.17, 15) is 14.9 Å². The predicted molar refractivity (Wildman–Crippen MR) is 71.7 cm³/mol. The van der Waals surface area contributed by atoms with Crippen molar-refractivity contribution in [3.05, 3.63) is 52.2 Å². The molecule has 1 fully saturated rings. The Kier molecular flexibility index (Phi) is 3.25. The maximum atomic E-state index is 12.6. The number of nitro groups is 1. The normalized spacial score (nSPS) is 15.7. The molecular weight excluding hydrogens is 276 g/mol. The number of hydrogen-bond acceptors (Lipinski definition) is 5. The highest BCUT2D eigenvalue weighted by molar-refractivity contribution is 5.92. The van der Waals surface area contributed by atoms with Gasteiger partial charge in [0.2, 0.25) is 0 Å². The first-order valence-electron chi connectivity index (χ1n) is 6.68. The van der Waals surface area contributed by atoms with Crippen LogP contribution in [0.4, 0.5) is 5.88 Å². The minimum Gasteiger partial charge on any atom is -0.467 e. The van der Waals surface area contributed by atoms with Crippen molar-refractivity contribution < 1.29 is 18.6 Å². The van der Waals surface area contributed by atoms with E-state index in [-0.39, 0.29) is 23.8 Å². The molecule has 0 unspecified atom stereocenters. The van der Waals surface area contributed by atoms with Gasteiger partial charge in [0.05, 0.1) is 18.4 Å². The zero-order valence-corrected chi connectivity index (χ0v) is 11.4. The smallest absolute Gasteiger partial charge is 0.433 e. The van der Waals surface area contributed by atoms with Crippen molar-refractivity contribution in [3.8, 4) is 0 Å². The molecule has 0 N–H and O–H groups in total. The monoisotopic (exact) mass is 290 g/mol. The molecule has 3 rings (SSSR count). The van der Waals surface area contributed by atoms with E-state index >= 15 is 0 Å². The Morgan fingerprint density at radius 2 is 2.19 bits per heavy atom. The number of hydrogen-bond donors (Lipinski definition) is 0. The summed E-state index contributed by atoms with van der Waals surface area (Å²) < 4.78 is 10.4. The SMILES string of the molecule is C[C@H](c1ccco1)N(C(=O)c1ccc([N+](=O)[O-])o1)C1CC1. The molecule has 2 aromatic rings. The van der Waals surface area contributed by atoms with E-state index < -0.39 is 10.8 Å². The lowest BCUT2D eigenvalue weighted by molar-refractivity contribution is -0.402. The van der Waals surface area contributed by atoms with Gasteiger partial charge < -0.3 is 13.7 Å². The molecule has 1 atom stereocenters. The fourth-order valence-electron chi connectivity index (χ4n) is 2.34. The van der Waals surface area contributed by atoms with E-state index in [2.05, 4.69) is 0 Å². The lowest BCUT2D eigenvalue weighted by Crippen LogP contribution is -2.35. The number of amides is 1. The number of carbonyl (C=O) groups excluding carboxylic acids is 1. The summed E-state index contributed by atoms with van der Waals surface area (Å²) in [5.41, 5.74) is 0. The molecule has 0 bridgehead atoms. The Hall–Kier alpha value is -2.57. The van der Waals surface area contributed by atoms with E-state index in [1.807, 2.05) is 6.92 Å². The number of rotatable bonds is 5. The average Bonchev–Trinajstić information content (AvgIpc) is 3.00. The number of furan rings is 2. The van der Waals surface area contributed by atoms with Gasteiger partial charge in [0.1, 0.15) is 10.7 Å². The fraction of sp³-hybridized carbons (Fsp3) is 0.357. The Balaban J connectivity index is 1.86. The van der Waals surface area contributed by atoms with Gasteiger partial charge in [0, 0.05) is 6.04 Å². The third-order valence-electron chi connectivity index (χ3n) is 3.53. The van der Waals surface area contributed by atoms with Crippen LogP contribution < -0.4 is 0 Å². The summed E-state index contributed by atoms with van der Waals surface area (Å²) in [4.78, 5) is 24.2. The van der Waals surface area contributed by atoms with Gasteiger partial charge in [-0.05, 0) is 38.0 Å². The van der Waals surface area contributed by atoms with E-state index in [0.29, 0.717) is 5.76 Å². The molecule has 2 heterocycles. The highest BCUT2D eigenvalue weighted by Crippen LogP contribution is 2.36. The minimum atomic E-state index is -0.659. The summed E-state index contributed by atoms with van der Waals surface area (Å²) in [6.07, 6.45) is 3.39. The molecule has 0 saturated heterocycles. The van der Waals surface area contributed by atoms with E-state index in [0.717, 1.165) is 12.8 Å². The maximum absolute atomic E-state index is 12.6. The minimum absolute atomic E-state index is 0.0213. The van der Waals surface area contributed by atoms with Crippen molar-refractivity contribution in [2.75, 3.05) is 0 Å². The van der Waals surface area contributed by atoms with Crippen LogP contribution in [0, 0.1) is 10.1 Å². The van der Waals surface area contributed by atoms with Crippen LogP contribution >= 0.6 is 0 Å². The van der Waals surface area contributed by atoms with Crippen molar-refractivity contribution in [3.63, 3.8) is 0 Å². The Morgan fingerprint density at radius 1 is 1.43 bits per heavy atom. The highest BCUT2D eigenvalue weighted by Gasteiger charge is 2.39. The zero-order chi connectivity index (χ0) is 15.0. The lowest BCUT2D eigenvalue weighted by atomic mass is 10.2. The third kappa shape index (κ3) is 2.54. The zero-order valence-electron chi connectivity index (χ0n) is 11.4. The van der Waals surface area contributed by atoms with Crippen molar-refractivity contribution in [1.82, 2.24) is 4.90 Å². The van der Waals surface area contributed by atoms with Crippen LogP contribution in [0.3, 0.4) is 0 Å². The molecule has 1 amide bonds. The molecule has 2 aromatic heterocycles. The summed E-state index contributed by atoms with van der Waals surface area (Å²) in [7, 11) is 0. The van der Waals surface area contributed by atoms with Gasteiger partial charge in [-0.1, -0.05) is 0 Å². The standard InChI is InChI=1S/C14H14N2O5/c1-9(11-3-2-8-20-11)15(10-4-5-10)14(17)12-6-7-13(21-12)16(18)19/h2-3,6-10H,4-5H2,1H3/t9-/m1/s1. The van der Waals surface area contributed by atoms with Crippen LogP contribution in [0.1, 0.15) is 42.1 Å². The third-order valence-corrected chi connectivity index (χ3v) is 3.53. The average molecular weight is 290 g/mol. The first kappa shape index (κ1) is 13.4. The van der Waals surface area contributed by atoms with Crippen molar-refractivity contribution in [2.24, 2.45) is 0 Å². The first-order valence-corrected chi connectivity index (χ1v) is 6.68. The molecule has 0 aliphatic heterocycles. The molecule has 1 aliphatic rings. The van der Waals surface area contributed by atoms with Crippen molar-refractivity contribution in [2.45, 2.75) is 31.8 Å². The molecule has 0 aromatic carbocycles. The molecule has 1 aliphatic carbocycles. The van der Waals surface area contributed by atoms with E-state index in [1.165, 1.54) is 12.1 Å². The van der Waals surface area contributed by atoms with Gasteiger partial charge in [-0.15, -0.1) is 0 Å². The summed E-state index contributed by atoms with van der Waals surface area (Å²) in [6, 6.07) is 5.98. The van der Waals surface area contributed by atoms with Crippen LogP contribution in [0.25, 0.3) is 0 Å². The largest absolute Gasteiger partial charge is 0.467 e. The molecule has 110 valence electrons. The van der Waals surface area contributed by atoms with Gasteiger partial charge in [0.15, 0.2) is 5.76 Å². The maximum Gasteiger partial charge on any atom is 0.433 e. The van der Waals surface area contributed by atoms with Gasteiger partial charge in [-0.2, -0.15) is 0 Å². The fourth-order valence-corrected chi connectivity index (χ4v) is 2.34. The Labute approximate surface area is 120 Å². The van der Waals surface area contributed by atoms with Gasteiger partial charge in [-0.3, -0.25) is 14.9 Å². The first-order chi connectivity index (χ1) is 10.1.